The predicted octanol–water partition coefficient (Wildman–Crippen LogP) is 2.45. The van der Waals surface area contributed by atoms with Crippen molar-refractivity contribution >= 4 is 11.6 Å². The molecule has 1 aliphatic heterocycles. The average molecular weight is 371 g/mol. The molecule has 1 saturated heterocycles. The minimum Gasteiger partial charge on any atom is -0.457 e. The number of nitrogens with one attached hydrogen (secondary N) is 1. The van der Waals surface area contributed by atoms with E-state index in [0.717, 1.165) is 32.8 Å². The molecule has 0 atom stereocenters. The van der Waals surface area contributed by atoms with Gasteiger partial charge in [0.05, 0.1) is 18.1 Å². The topological polar surface area (TPSA) is 93.9 Å². The summed E-state index contributed by atoms with van der Waals surface area (Å²) in [5, 5.41) is 13.6. The lowest BCUT2D eigenvalue weighted by molar-refractivity contribution is -0.384. The summed E-state index contributed by atoms with van der Waals surface area (Å²) in [5.41, 5.74) is 0.493. The Morgan fingerprint density at radius 1 is 1.15 bits per heavy atom. The summed E-state index contributed by atoms with van der Waals surface area (Å²) in [6.45, 7) is 4.58. The molecule has 8 nitrogen and oxygen atoms in total. The van der Waals surface area contributed by atoms with E-state index in [4.69, 9.17) is 9.47 Å². The molecule has 1 N–H and O–H groups in total. The Bertz CT molecular complexity index is 788. The molecular formula is C19H21N3O5. The molecule has 0 aliphatic carbocycles. The van der Waals surface area contributed by atoms with E-state index in [9.17, 15) is 14.9 Å². The number of nitro groups is 1. The summed E-state index contributed by atoms with van der Waals surface area (Å²) in [6.07, 6.45) is 0. The Morgan fingerprint density at radius 3 is 2.59 bits per heavy atom. The molecule has 0 aromatic heterocycles. The Balaban J connectivity index is 1.54. The predicted molar refractivity (Wildman–Crippen MR) is 99.2 cm³/mol. The zero-order valence-corrected chi connectivity index (χ0v) is 14.8. The van der Waals surface area contributed by atoms with E-state index in [1.54, 1.807) is 24.3 Å². The number of hydrogen-bond donors (Lipinski definition) is 1. The molecule has 0 saturated carbocycles. The third-order valence-corrected chi connectivity index (χ3v) is 4.20. The van der Waals surface area contributed by atoms with Crippen LogP contribution in [0.15, 0.2) is 48.5 Å². The fourth-order valence-corrected chi connectivity index (χ4v) is 2.73. The van der Waals surface area contributed by atoms with Crippen LogP contribution in [0.1, 0.15) is 10.4 Å². The standard InChI is InChI=1S/C19H21N3O5/c23-19(20-8-9-21-10-12-26-13-11-21)15-2-1-3-18(14-15)27-17-6-4-16(5-7-17)22(24)25/h1-7,14H,8-13H2,(H,20,23). The van der Waals surface area contributed by atoms with Crippen molar-refractivity contribution in [3.8, 4) is 11.5 Å². The third kappa shape index (κ3) is 5.50. The number of hydrogen-bond acceptors (Lipinski definition) is 6. The van der Waals surface area contributed by atoms with Crippen LogP contribution < -0.4 is 10.1 Å². The summed E-state index contributed by atoms with van der Waals surface area (Å²) in [4.78, 5) is 24.8. The number of carbonyl (C=O) groups excluding carboxylic acids is 1. The molecule has 1 amide bonds. The van der Waals surface area contributed by atoms with Crippen LogP contribution in [-0.4, -0.2) is 55.1 Å². The second-order valence-electron chi connectivity index (χ2n) is 6.09. The number of morpholine rings is 1. The highest BCUT2D eigenvalue weighted by Gasteiger charge is 2.12. The number of carbonyl (C=O) groups is 1. The summed E-state index contributed by atoms with van der Waals surface area (Å²) in [7, 11) is 0. The first-order valence-electron chi connectivity index (χ1n) is 8.72. The van der Waals surface area contributed by atoms with Gasteiger partial charge in [-0.3, -0.25) is 19.8 Å². The molecule has 3 rings (SSSR count). The quantitative estimate of drug-likeness (QED) is 0.593. The number of ether oxygens (including phenoxy) is 2. The molecule has 0 radical (unpaired) electrons. The van der Waals surface area contributed by atoms with E-state index in [1.807, 2.05) is 0 Å². The third-order valence-electron chi connectivity index (χ3n) is 4.20. The van der Waals surface area contributed by atoms with Crippen molar-refractivity contribution in [3.05, 3.63) is 64.2 Å². The normalized spacial score (nSPS) is 14.5. The summed E-state index contributed by atoms with van der Waals surface area (Å²) in [6, 6.07) is 12.6. The number of amides is 1. The SMILES string of the molecule is O=C(NCCN1CCOCC1)c1cccc(Oc2ccc([N+](=O)[O-])cc2)c1. The van der Waals surface area contributed by atoms with Crippen LogP contribution in [0.5, 0.6) is 11.5 Å². The largest absolute Gasteiger partial charge is 0.457 e. The second-order valence-corrected chi connectivity index (χ2v) is 6.09. The van der Waals surface area contributed by atoms with Gasteiger partial charge in [0.2, 0.25) is 0 Å². The van der Waals surface area contributed by atoms with Gasteiger partial charge in [0, 0.05) is 43.9 Å². The van der Waals surface area contributed by atoms with Crippen LogP contribution in [-0.2, 0) is 4.74 Å². The maximum atomic E-state index is 12.3. The second kappa shape index (κ2) is 9.11. The maximum Gasteiger partial charge on any atom is 0.269 e. The average Bonchev–Trinajstić information content (AvgIpc) is 2.69. The zero-order chi connectivity index (χ0) is 19.1. The smallest absolute Gasteiger partial charge is 0.269 e. The Morgan fingerprint density at radius 2 is 1.89 bits per heavy atom. The number of non-ortho nitro benzene ring substituents is 1. The van der Waals surface area contributed by atoms with Crippen LogP contribution in [0.2, 0.25) is 0 Å². The van der Waals surface area contributed by atoms with Gasteiger partial charge in [0.15, 0.2) is 0 Å². The van der Waals surface area contributed by atoms with E-state index < -0.39 is 4.92 Å². The highest BCUT2D eigenvalue weighted by Crippen LogP contribution is 2.24. The lowest BCUT2D eigenvalue weighted by Crippen LogP contribution is -2.41. The van der Waals surface area contributed by atoms with Gasteiger partial charge < -0.3 is 14.8 Å². The maximum absolute atomic E-state index is 12.3. The minimum absolute atomic E-state index is 0.00394. The fourth-order valence-electron chi connectivity index (χ4n) is 2.73. The molecule has 0 bridgehead atoms. The lowest BCUT2D eigenvalue weighted by atomic mass is 10.2. The van der Waals surface area contributed by atoms with Crippen molar-refractivity contribution in [2.75, 3.05) is 39.4 Å². The molecule has 1 fully saturated rings. The van der Waals surface area contributed by atoms with E-state index in [1.165, 1.54) is 24.3 Å². The summed E-state index contributed by atoms with van der Waals surface area (Å²) >= 11 is 0. The first kappa shape index (κ1) is 18.8. The highest BCUT2D eigenvalue weighted by atomic mass is 16.6. The lowest BCUT2D eigenvalue weighted by Gasteiger charge is -2.26. The Hall–Kier alpha value is -2.97. The van der Waals surface area contributed by atoms with Crippen molar-refractivity contribution in [1.29, 1.82) is 0 Å². The van der Waals surface area contributed by atoms with Gasteiger partial charge in [-0.15, -0.1) is 0 Å². The van der Waals surface area contributed by atoms with Gasteiger partial charge in [-0.1, -0.05) is 6.07 Å². The molecule has 2 aromatic rings. The van der Waals surface area contributed by atoms with Crippen molar-refractivity contribution < 1.29 is 19.2 Å². The van der Waals surface area contributed by atoms with Crippen molar-refractivity contribution in [1.82, 2.24) is 10.2 Å². The zero-order valence-electron chi connectivity index (χ0n) is 14.8. The van der Waals surface area contributed by atoms with E-state index in [0.29, 0.717) is 23.6 Å². The Labute approximate surface area is 156 Å². The first-order chi connectivity index (χ1) is 13.1. The van der Waals surface area contributed by atoms with E-state index >= 15 is 0 Å². The molecule has 0 unspecified atom stereocenters. The molecule has 1 aliphatic rings. The molecular weight excluding hydrogens is 350 g/mol. The summed E-state index contributed by atoms with van der Waals surface area (Å²) < 4.78 is 11.0. The highest BCUT2D eigenvalue weighted by molar-refractivity contribution is 5.94. The molecule has 2 aromatic carbocycles. The van der Waals surface area contributed by atoms with Gasteiger partial charge in [0.1, 0.15) is 11.5 Å². The van der Waals surface area contributed by atoms with Gasteiger partial charge in [-0.2, -0.15) is 0 Å². The van der Waals surface area contributed by atoms with E-state index in [2.05, 4.69) is 10.2 Å². The number of nitro benzene ring substituents is 1. The minimum atomic E-state index is -0.467. The molecule has 1 heterocycles. The van der Waals surface area contributed by atoms with Gasteiger partial charge in [-0.25, -0.2) is 0 Å². The van der Waals surface area contributed by atoms with Crippen LogP contribution >= 0.6 is 0 Å². The first-order valence-corrected chi connectivity index (χ1v) is 8.72. The van der Waals surface area contributed by atoms with Crippen LogP contribution in [0.3, 0.4) is 0 Å². The molecule has 8 heteroatoms. The molecule has 142 valence electrons. The van der Waals surface area contributed by atoms with Crippen molar-refractivity contribution in [2.45, 2.75) is 0 Å². The van der Waals surface area contributed by atoms with Crippen LogP contribution in [0, 0.1) is 10.1 Å². The number of nitrogens with zero attached hydrogens (tertiary/aromatic N) is 2. The van der Waals surface area contributed by atoms with Gasteiger partial charge >= 0.3 is 0 Å². The van der Waals surface area contributed by atoms with Crippen LogP contribution in [0.25, 0.3) is 0 Å². The number of benzene rings is 2. The fraction of sp³-hybridized carbons (Fsp3) is 0.316. The van der Waals surface area contributed by atoms with Crippen LogP contribution in [0.4, 0.5) is 5.69 Å². The summed E-state index contributed by atoms with van der Waals surface area (Å²) in [5.74, 6) is 0.785. The monoisotopic (exact) mass is 371 g/mol. The van der Waals surface area contributed by atoms with Gasteiger partial charge in [-0.05, 0) is 30.3 Å². The van der Waals surface area contributed by atoms with Gasteiger partial charge in [0.25, 0.3) is 11.6 Å². The number of rotatable bonds is 7. The Kier molecular flexibility index (Phi) is 6.35. The van der Waals surface area contributed by atoms with E-state index in [-0.39, 0.29) is 11.6 Å². The molecule has 27 heavy (non-hydrogen) atoms. The van der Waals surface area contributed by atoms with Crippen molar-refractivity contribution in [3.63, 3.8) is 0 Å². The molecule has 0 spiro atoms. The van der Waals surface area contributed by atoms with Crippen molar-refractivity contribution in [2.24, 2.45) is 0 Å².